The van der Waals surface area contributed by atoms with Crippen LogP contribution in [0, 0.1) is 0 Å². The topological polar surface area (TPSA) is 43.5 Å². The Labute approximate surface area is 96.7 Å². The van der Waals surface area contributed by atoms with Gasteiger partial charge < -0.3 is 9.15 Å². The minimum atomic E-state index is -0.448. The molecular formula is C13H10NO3+. The lowest BCUT2D eigenvalue weighted by molar-refractivity contribution is -0.551. The van der Waals surface area contributed by atoms with E-state index in [9.17, 15) is 4.79 Å². The summed E-state index contributed by atoms with van der Waals surface area (Å²) in [5.41, 5.74) is 1.35. The molecule has 0 fully saturated rings. The van der Waals surface area contributed by atoms with Crippen LogP contribution in [0.4, 0.5) is 0 Å². The van der Waals surface area contributed by atoms with Crippen LogP contribution in [0.2, 0.25) is 0 Å². The third-order valence-electron chi connectivity index (χ3n) is 2.71. The van der Waals surface area contributed by atoms with Gasteiger partial charge in [-0.2, -0.15) is 4.79 Å². The summed E-state index contributed by atoms with van der Waals surface area (Å²) in [7, 11) is 1.52. The molecule has 0 aliphatic heterocycles. The second-order valence-electron chi connectivity index (χ2n) is 3.65. The maximum atomic E-state index is 11.9. The summed E-state index contributed by atoms with van der Waals surface area (Å²) in [6.45, 7) is 0. The van der Waals surface area contributed by atoms with Crippen LogP contribution in [0.3, 0.4) is 0 Å². The molecule has 3 aromatic rings. The summed E-state index contributed by atoms with van der Waals surface area (Å²) >= 11 is 0. The monoisotopic (exact) mass is 228 g/mol. The Hall–Kier alpha value is -2.36. The van der Waals surface area contributed by atoms with E-state index in [-0.39, 0.29) is 0 Å². The van der Waals surface area contributed by atoms with Gasteiger partial charge in [-0.15, -0.1) is 0 Å². The van der Waals surface area contributed by atoms with Crippen molar-refractivity contribution in [3.05, 3.63) is 53.0 Å². The highest BCUT2D eigenvalue weighted by Crippen LogP contribution is 2.16. The van der Waals surface area contributed by atoms with Crippen molar-refractivity contribution >= 4 is 16.5 Å². The second kappa shape index (κ2) is 3.59. The minimum absolute atomic E-state index is 0.448. The third-order valence-corrected chi connectivity index (χ3v) is 2.71. The van der Waals surface area contributed by atoms with E-state index in [2.05, 4.69) is 0 Å². The summed E-state index contributed by atoms with van der Waals surface area (Å²) < 4.78 is 11.8. The van der Waals surface area contributed by atoms with Crippen molar-refractivity contribution in [3.63, 3.8) is 0 Å². The Balaban J connectivity index is 2.63. The van der Waals surface area contributed by atoms with Crippen molar-refractivity contribution in [1.82, 2.24) is 0 Å². The van der Waals surface area contributed by atoms with Crippen LogP contribution in [-0.4, -0.2) is 7.11 Å². The first-order valence-corrected chi connectivity index (χ1v) is 5.22. The predicted molar refractivity (Wildman–Crippen MR) is 62.2 cm³/mol. The molecule has 0 atom stereocenters. The molecule has 1 aromatic carbocycles. The molecule has 0 radical (unpaired) electrons. The van der Waals surface area contributed by atoms with Gasteiger partial charge in [-0.05, 0) is 22.6 Å². The fraction of sp³-hybridized carbons (Fsp3) is 0.0769. The molecule has 0 aliphatic carbocycles. The van der Waals surface area contributed by atoms with Gasteiger partial charge in [0.1, 0.15) is 0 Å². The second-order valence-corrected chi connectivity index (χ2v) is 3.65. The molecule has 0 saturated carbocycles. The Bertz CT molecular complexity index is 761. The highest BCUT2D eigenvalue weighted by Gasteiger charge is 2.19. The quantitative estimate of drug-likeness (QED) is 0.468. The first-order valence-electron chi connectivity index (χ1n) is 5.22. The number of nitrogens with zero attached hydrogens (tertiary/aromatic N) is 1. The molecule has 17 heavy (non-hydrogen) atoms. The van der Waals surface area contributed by atoms with E-state index in [1.165, 1.54) is 11.5 Å². The Morgan fingerprint density at radius 3 is 2.76 bits per heavy atom. The lowest BCUT2D eigenvalue weighted by Crippen LogP contribution is -2.41. The number of ether oxygens (including phenoxy) is 1. The fourth-order valence-electron chi connectivity index (χ4n) is 1.95. The Kier molecular flexibility index (Phi) is 2.08. The number of benzene rings is 1. The zero-order chi connectivity index (χ0) is 11.8. The Morgan fingerprint density at radius 2 is 1.94 bits per heavy atom. The smallest absolute Gasteiger partial charge is 0.447 e. The van der Waals surface area contributed by atoms with Crippen molar-refractivity contribution in [1.29, 1.82) is 0 Å². The van der Waals surface area contributed by atoms with E-state index >= 15 is 0 Å². The summed E-state index contributed by atoms with van der Waals surface area (Å²) in [6.07, 6.45) is 0. The highest BCUT2D eigenvalue weighted by atomic mass is 16.5. The van der Waals surface area contributed by atoms with Gasteiger partial charge in [0.2, 0.25) is 5.52 Å². The van der Waals surface area contributed by atoms with Gasteiger partial charge in [0, 0.05) is 6.07 Å². The van der Waals surface area contributed by atoms with Crippen molar-refractivity contribution in [2.45, 2.75) is 0 Å². The molecule has 3 rings (SSSR count). The summed E-state index contributed by atoms with van der Waals surface area (Å²) in [5.74, 6) is 0.0122. The van der Waals surface area contributed by atoms with E-state index in [1.54, 1.807) is 12.1 Å². The van der Waals surface area contributed by atoms with Crippen molar-refractivity contribution in [3.8, 4) is 5.88 Å². The molecule has 0 aliphatic rings. The molecule has 0 bridgehead atoms. The van der Waals surface area contributed by atoms with E-state index in [0.29, 0.717) is 11.5 Å². The highest BCUT2D eigenvalue weighted by molar-refractivity contribution is 5.89. The zero-order valence-corrected chi connectivity index (χ0v) is 9.21. The van der Waals surface area contributed by atoms with E-state index in [0.717, 1.165) is 10.9 Å². The standard InChI is InChI=1S/C13H10NO3/c1-16-12-8-4-6-10-9-5-2-3-7-11(9)17-13(15)14(10)12/h2-8H,1H3/q+1. The van der Waals surface area contributed by atoms with E-state index in [4.69, 9.17) is 9.15 Å². The lowest BCUT2D eigenvalue weighted by Gasteiger charge is -1.98. The van der Waals surface area contributed by atoms with Crippen molar-refractivity contribution in [2.75, 3.05) is 7.11 Å². The first kappa shape index (κ1) is 9.84. The average molecular weight is 228 g/mol. The van der Waals surface area contributed by atoms with Crippen LogP contribution in [0.1, 0.15) is 0 Å². The first-order chi connectivity index (χ1) is 8.31. The van der Waals surface area contributed by atoms with Crippen LogP contribution >= 0.6 is 0 Å². The van der Waals surface area contributed by atoms with Crippen LogP contribution in [-0.2, 0) is 0 Å². The maximum Gasteiger partial charge on any atom is 0.611 e. The van der Waals surface area contributed by atoms with Gasteiger partial charge in [0.05, 0.1) is 18.6 Å². The van der Waals surface area contributed by atoms with Gasteiger partial charge in [0.15, 0.2) is 5.58 Å². The number of hydrogen-bond donors (Lipinski definition) is 0. The molecule has 0 saturated heterocycles. The van der Waals surface area contributed by atoms with Gasteiger partial charge in [-0.1, -0.05) is 12.1 Å². The summed E-state index contributed by atoms with van der Waals surface area (Å²) in [4.78, 5) is 11.9. The number of fused-ring (bicyclic) bond motifs is 3. The number of pyridine rings is 1. The largest absolute Gasteiger partial charge is 0.611 e. The van der Waals surface area contributed by atoms with Crippen LogP contribution in [0.5, 0.6) is 5.88 Å². The minimum Gasteiger partial charge on any atom is -0.447 e. The average Bonchev–Trinajstić information content (AvgIpc) is 2.38. The van der Waals surface area contributed by atoms with Crippen LogP contribution in [0.25, 0.3) is 16.5 Å². The van der Waals surface area contributed by atoms with Gasteiger partial charge in [-0.25, -0.2) is 0 Å². The summed E-state index contributed by atoms with van der Waals surface area (Å²) in [6, 6.07) is 12.9. The Morgan fingerprint density at radius 1 is 1.12 bits per heavy atom. The van der Waals surface area contributed by atoms with Gasteiger partial charge in [0.25, 0.3) is 0 Å². The van der Waals surface area contributed by atoms with E-state index < -0.39 is 5.76 Å². The molecule has 0 N–H and O–H groups in total. The summed E-state index contributed by atoms with van der Waals surface area (Å²) in [5, 5.41) is 0.881. The number of methoxy groups -OCH3 is 1. The van der Waals surface area contributed by atoms with Crippen molar-refractivity contribution < 1.29 is 13.6 Å². The molecular weight excluding hydrogens is 218 g/mol. The van der Waals surface area contributed by atoms with Crippen LogP contribution < -0.4 is 14.9 Å². The molecule has 0 spiro atoms. The zero-order valence-electron chi connectivity index (χ0n) is 9.21. The predicted octanol–water partition coefficient (Wildman–Crippen LogP) is 1.54. The number of aromatic nitrogens is 1. The van der Waals surface area contributed by atoms with E-state index in [1.807, 2.05) is 30.3 Å². The lowest BCUT2D eigenvalue weighted by atomic mass is 10.2. The van der Waals surface area contributed by atoms with Crippen LogP contribution in [0.15, 0.2) is 51.7 Å². The van der Waals surface area contributed by atoms with Gasteiger partial charge >= 0.3 is 11.6 Å². The van der Waals surface area contributed by atoms with Gasteiger partial charge in [-0.3, -0.25) is 0 Å². The molecule has 84 valence electrons. The third kappa shape index (κ3) is 1.38. The normalized spacial score (nSPS) is 10.9. The molecule has 4 nitrogen and oxygen atoms in total. The number of rotatable bonds is 1. The molecule has 0 amide bonds. The molecule has 4 heteroatoms. The fourth-order valence-corrected chi connectivity index (χ4v) is 1.95. The number of hydrogen-bond acceptors (Lipinski definition) is 3. The molecule has 2 heterocycles. The molecule has 0 unspecified atom stereocenters. The van der Waals surface area contributed by atoms with Crippen molar-refractivity contribution in [2.24, 2.45) is 0 Å². The SMILES string of the molecule is COc1cccc2c3ccccc3oc(=O)[n+]12. The molecule has 2 aromatic heterocycles. The number of para-hydroxylation sites is 1. The maximum absolute atomic E-state index is 11.9.